The lowest BCUT2D eigenvalue weighted by Crippen LogP contribution is -2.41. The van der Waals surface area contributed by atoms with Gasteiger partial charge in [0.1, 0.15) is 0 Å². The number of carbonyl (C=O) groups is 1. The Labute approximate surface area is 199 Å². The minimum atomic E-state index is -0.308. The number of rotatable bonds is 8. The molecular weight excluding hydrogens is 432 g/mol. The molecule has 0 saturated heterocycles. The molecule has 33 heavy (non-hydrogen) atoms. The maximum atomic E-state index is 14.1. The molecule has 0 spiro atoms. The minimum Gasteiger partial charge on any atom is -0.465 e. The zero-order valence-corrected chi connectivity index (χ0v) is 20.3. The van der Waals surface area contributed by atoms with Crippen molar-refractivity contribution in [1.29, 1.82) is 0 Å². The van der Waals surface area contributed by atoms with E-state index in [4.69, 9.17) is 9.72 Å². The van der Waals surface area contributed by atoms with Crippen molar-refractivity contribution >= 4 is 17.7 Å². The molecule has 0 bridgehead atoms. The number of ether oxygens (including phenoxy) is 1. The van der Waals surface area contributed by atoms with Gasteiger partial charge >= 0.3 is 5.97 Å². The van der Waals surface area contributed by atoms with E-state index in [1.807, 2.05) is 42.5 Å². The summed E-state index contributed by atoms with van der Waals surface area (Å²) < 4.78 is 6.86. The van der Waals surface area contributed by atoms with Crippen LogP contribution in [0.3, 0.4) is 0 Å². The third-order valence-electron chi connectivity index (χ3n) is 6.63. The first-order chi connectivity index (χ1) is 16.0. The van der Waals surface area contributed by atoms with Crippen molar-refractivity contribution in [3.05, 3.63) is 81.6 Å². The average molecular weight is 463 g/mol. The van der Waals surface area contributed by atoms with Gasteiger partial charge in [-0.2, -0.15) is 0 Å². The number of esters is 1. The van der Waals surface area contributed by atoms with Crippen LogP contribution in [0.5, 0.6) is 0 Å². The summed E-state index contributed by atoms with van der Waals surface area (Å²) in [5.74, 6) is -0.194. The molecule has 1 aliphatic carbocycles. The summed E-state index contributed by atoms with van der Waals surface area (Å²) in [6.45, 7) is 6.85. The van der Waals surface area contributed by atoms with Crippen LogP contribution in [-0.4, -0.2) is 27.9 Å². The van der Waals surface area contributed by atoms with Gasteiger partial charge in [-0.1, -0.05) is 80.2 Å². The highest BCUT2D eigenvalue weighted by atomic mass is 32.2. The Morgan fingerprint density at radius 3 is 2.45 bits per heavy atom. The van der Waals surface area contributed by atoms with E-state index in [2.05, 4.69) is 26.0 Å². The lowest BCUT2D eigenvalue weighted by Gasteiger charge is -2.38. The maximum absolute atomic E-state index is 14.1. The highest BCUT2D eigenvalue weighted by Crippen LogP contribution is 2.45. The Balaban J connectivity index is 1.92. The monoisotopic (exact) mass is 462 g/mol. The number of carbonyl (C=O) groups excluding carboxylic acids is 1. The van der Waals surface area contributed by atoms with Crippen molar-refractivity contribution in [3.8, 4) is 11.3 Å². The van der Waals surface area contributed by atoms with Gasteiger partial charge in [-0.3, -0.25) is 14.2 Å². The predicted octanol–water partition coefficient (Wildman–Crippen LogP) is 5.23. The molecule has 0 fully saturated rings. The van der Waals surface area contributed by atoms with Crippen molar-refractivity contribution in [3.63, 3.8) is 0 Å². The lowest BCUT2D eigenvalue weighted by molar-refractivity contribution is -0.139. The Hall–Kier alpha value is -2.86. The maximum Gasteiger partial charge on any atom is 0.316 e. The fourth-order valence-corrected chi connectivity index (χ4v) is 5.55. The van der Waals surface area contributed by atoms with Gasteiger partial charge in [-0.05, 0) is 37.3 Å². The van der Waals surface area contributed by atoms with Crippen molar-refractivity contribution < 1.29 is 9.53 Å². The molecule has 0 atom stereocenters. The van der Waals surface area contributed by atoms with E-state index in [-0.39, 0.29) is 22.7 Å². The number of nitrogens with zero attached hydrogens (tertiary/aromatic N) is 2. The second-order valence-electron chi connectivity index (χ2n) is 8.41. The molecule has 0 N–H and O–H groups in total. The van der Waals surface area contributed by atoms with E-state index in [1.165, 1.54) is 17.3 Å². The summed E-state index contributed by atoms with van der Waals surface area (Å²) in [5, 5.41) is 0.550. The molecule has 1 aliphatic rings. The number of thioether (sulfide) groups is 1. The Morgan fingerprint density at radius 2 is 1.76 bits per heavy atom. The molecule has 0 amide bonds. The molecule has 0 aliphatic heterocycles. The zero-order valence-electron chi connectivity index (χ0n) is 19.5. The summed E-state index contributed by atoms with van der Waals surface area (Å²) >= 11 is 1.27. The Bertz CT molecular complexity index is 1200. The van der Waals surface area contributed by atoms with Crippen molar-refractivity contribution in [2.45, 2.75) is 57.1 Å². The van der Waals surface area contributed by atoms with Gasteiger partial charge in [0.05, 0.1) is 30.2 Å². The van der Waals surface area contributed by atoms with Crippen LogP contribution < -0.4 is 5.56 Å². The van der Waals surface area contributed by atoms with Gasteiger partial charge in [0.2, 0.25) is 0 Å². The molecular formula is C27H30N2O3S. The highest BCUT2D eigenvalue weighted by Gasteiger charge is 2.40. The van der Waals surface area contributed by atoms with Gasteiger partial charge in [-0.25, -0.2) is 4.98 Å². The fraction of sp³-hybridized carbons (Fsp3) is 0.370. The van der Waals surface area contributed by atoms with Crippen LogP contribution in [0.25, 0.3) is 11.3 Å². The molecule has 1 aromatic heterocycles. The standard InChI is InChI=1S/C27H30N2O3S/c1-4-27(5-2)16-20-14-10-11-15-21(20)24-23(27)25(31)29(17-19-12-8-7-9-13-19)26(28-24)33-18-22(30)32-6-3/h7-15H,4-6,16-18H2,1-3H3. The molecule has 0 radical (unpaired) electrons. The number of hydrogen-bond acceptors (Lipinski definition) is 5. The molecule has 0 unspecified atom stereocenters. The predicted molar refractivity (Wildman–Crippen MR) is 133 cm³/mol. The van der Waals surface area contributed by atoms with Gasteiger partial charge in [-0.15, -0.1) is 0 Å². The molecule has 2 aromatic carbocycles. The van der Waals surface area contributed by atoms with Gasteiger partial charge < -0.3 is 4.74 Å². The molecule has 4 rings (SSSR count). The fourth-order valence-electron chi connectivity index (χ4n) is 4.76. The highest BCUT2D eigenvalue weighted by molar-refractivity contribution is 7.99. The summed E-state index contributed by atoms with van der Waals surface area (Å²) in [4.78, 5) is 31.3. The molecule has 6 heteroatoms. The number of fused-ring (bicyclic) bond motifs is 3. The van der Waals surface area contributed by atoms with E-state index < -0.39 is 0 Å². The summed E-state index contributed by atoms with van der Waals surface area (Å²) in [7, 11) is 0. The summed E-state index contributed by atoms with van der Waals surface area (Å²) in [5.41, 5.74) is 4.58. The summed E-state index contributed by atoms with van der Waals surface area (Å²) in [6.07, 6.45) is 2.56. The Kier molecular flexibility index (Phi) is 7.03. The third-order valence-corrected chi connectivity index (χ3v) is 7.58. The lowest BCUT2D eigenvalue weighted by atomic mass is 9.66. The van der Waals surface area contributed by atoms with E-state index >= 15 is 0 Å². The largest absolute Gasteiger partial charge is 0.465 e. The SMILES string of the molecule is CCOC(=O)CSc1nc2c(c(=O)n1Cc1ccccc1)C(CC)(CC)Cc1ccccc1-2. The Morgan fingerprint density at radius 1 is 1.06 bits per heavy atom. The second kappa shape index (κ2) is 9.96. The van der Waals surface area contributed by atoms with Crippen molar-refractivity contribution in [2.75, 3.05) is 12.4 Å². The van der Waals surface area contributed by atoms with Crippen LogP contribution in [-0.2, 0) is 27.9 Å². The second-order valence-corrected chi connectivity index (χ2v) is 9.35. The molecule has 3 aromatic rings. The van der Waals surface area contributed by atoms with Crippen LogP contribution >= 0.6 is 11.8 Å². The van der Waals surface area contributed by atoms with E-state index in [9.17, 15) is 9.59 Å². The van der Waals surface area contributed by atoms with E-state index in [1.54, 1.807) is 11.5 Å². The topological polar surface area (TPSA) is 61.2 Å². The van der Waals surface area contributed by atoms with Crippen molar-refractivity contribution in [2.24, 2.45) is 0 Å². The first-order valence-electron chi connectivity index (χ1n) is 11.6. The average Bonchev–Trinajstić information content (AvgIpc) is 2.84. The van der Waals surface area contributed by atoms with Crippen LogP contribution in [0, 0.1) is 0 Å². The van der Waals surface area contributed by atoms with Gasteiger partial charge in [0.15, 0.2) is 5.16 Å². The van der Waals surface area contributed by atoms with Crippen LogP contribution in [0.2, 0.25) is 0 Å². The van der Waals surface area contributed by atoms with Crippen LogP contribution in [0.4, 0.5) is 0 Å². The number of hydrogen-bond donors (Lipinski definition) is 0. The first-order valence-corrected chi connectivity index (χ1v) is 12.6. The quantitative estimate of drug-likeness (QED) is 0.261. The minimum absolute atomic E-state index is 0.00610. The van der Waals surface area contributed by atoms with E-state index in [0.717, 1.165) is 41.6 Å². The van der Waals surface area contributed by atoms with Crippen LogP contribution in [0.15, 0.2) is 64.5 Å². The molecule has 1 heterocycles. The van der Waals surface area contributed by atoms with Crippen LogP contribution in [0.1, 0.15) is 50.3 Å². The van der Waals surface area contributed by atoms with Crippen molar-refractivity contribution in [1.82, 2.24) is 9.55 Å². The van der Waals surface area contributed by atoms with E-state index in [0.29, 0.717) is 18.3 Å². The molecule has 0 saturated carbocycles. The normalized spacial score (nSPS) is 13.8. The zero-order chi connectivity index (χ0) is 23.4. The summed E-state index contributed by atoms with van der Waals surface area (Å²) in [6, 6.07) is 18.2. The first kappa shape index (κ1) is 23.3. The number of benzene rings is 2. The van der Waals surface area contributed by atoms with Gasteiger partial charge in [0.25, 0.3) is 5.56 Å². The van der Waals surface area contributed by atoms with Gasteiger partial charge in [0, 0.05) is 11.0 Å². The molecule has 172 valence electrons. The molecule has 5 nitrogen and oxygen atoms in total. The smallest absolute Gasteiger partial charge is 0.316 e. The number of aromatic nitrogens is 2. The third kappa shape index (κ3) is 4.49.